The minimum Gasteiger partial charge on any atom is -0.359 e. The molecule has 1 aliphatic heterocycles. The molecule has 0 spiro atoms. The van der Waals surface area contributed by atoms with Crippen LogP contribution in [0.15, 0.2) is 0 Å². The summed E-state index contributed by atoms with van der Waals surface area (Å²) < 4.78 is 5.65. The molecule has 1 saturated heterocycles. The fourth-order valence-corrected chi connectivity index (χ4v) is 1.58. The summed E-state index contributed by atoms with van der Waals surface area (Å²) in [5.41, 5.74) is -0.0841. The topological polar surface area (TPSA) is 12.5 Å². The molecule has 0 amide bonds. The maximum absolute atomic E-state index is 5.65. The summed E-state index contributed by atoms with van der Waals surface area (Å²) >= 11 is 0. The van der Waals surface area contributed by atoms with Crippen LogP contribution in [0.3, 0.4) is 0 Å². The lowest BCUT2D eigenvalue weighted by Gasteiger charge is -2.29. The van der Waals surface area contributed by atoms with Crippen molar-refractivity contribution in [3.63, 3.8) is 0 Å². The van der Waals surface area contributed by atoms with Crippen LogP contribution in [-0.4, -0.2) is 38.2 Å². The summed E-state index contributed by atoms with van der Waals surface area (Å²) in [6.45, 7) is 5.06. The smallest absolute Gasteiger partial charge is 0.116 e. The molecule has 2 nitrogen and oxygen atoms in total. The molecule has 1 unspecified atom stereocenters. The third-order valence-electron chi connectivity index (χ3n) is 2.77. The van der Waals surface area contributed by atoms with Gasteiger partial charge in [0.1, 0.15) is 5.72 Å². The summed E-state index contributed by atoms with van der Waals surface area (Å²) in [6.07, 6.45) is 3.02. The number of hydrogen-bond acceptors (Lipinski definition) is 2. The quantitative estimate of drug-likeness (QED) is 0.589. The molecule has 0 bridgehead atoms. The molecule has 0 aromatic carbocycles. The summed E-state index contributed by atoms with van der Waals surface area (Å²) in [7, 11) is 7.58. The molecule has 0 aliphatic carbocycles. The molecule has 0 saturated carbocycles. The van der Waals surface area contributed by atoms with E-state index in [9.17, 15) is 0 Å². The third kappa shape index (κ3) is 2.02. The van der Waals surface area contributed by atoms with E-state index < -0.39 is 0 Å². The molecule has 1 rings (SSSR count). The number of likely N-dealkylation sites (N-methyl/N-ethyl adjacent to an activating group) is 1. The molecule has 68 valence electrons. The van der Waals surface area contributed by atoms with Gasteiger partial charge in [-0.25, -0.2) is 0 Å². The minimum absolute atomic E-state index is 0.0841. The Labute approximate surface area is 76.7 Å². The second-order valence-corrected chi connectivity index (χ2v) is 3.95. The Morgan fingerprint density at radius 1 is 1.58 bits per heavy atom. The second-order valence-electron chi connectivity index (χ2n) is 3.95. The van der Waals surface area contributed by atoms with E-state index in [4.69, 9.17) is 12.6 Å². The molecular formula is C9H18BNO. The Balaban J connectivity index is 2.39. The van der Waals surface area contributed by atoms with Gasteiger partial charge in [-0.05, 0) is 27.3 Å². The highest BCUT2D eigenvalue weighted by atomic mass is 16.5. The number of hydrogen-bond donors (Lipinski definition) is 0. The van der Waals surface area contributed by atoms with Gasteiger partial charge in [0.15, 0.2) is 0 Å². The first-order valence-electron chi connectivity index (χ1n) is 4.65. The highest BCUT2D eigenvalue weighted by Crippen LogP contribution is 2.27. The average Bonchev–Trinajstić information content (AvgIpc) is 2.26. The van der Waals surface area contributed by atoms with Gasteiger partial charge in [-0.15, -0.1) is 0 Å². The zero-order valence-corrected chi connectivity index (χ0v) is 8.34. The number of nitrogens with zero attached hydrogens (tertiary/aromatic N) is 1. The van der Waals surface area contributed by atoms with E-state index in [1.54, 1.807) is 0 Å². The van der Waals surface area contributed by atoms with E-state index in [1.165, 1.54) is 0 Å². The predicted molar refractivity (Wildman–Crippen MR) is 51.4 cm³/mol. The minimum atomic E-state index is -0.0841. The van der Waals surface area contributed by atoms with Crippen molar-refractivity contribution in [2.75, 3.05) is 13.7 Å². The molecule has 0 N–H and O–H groups in total. The maximum Gasteiger partial charge on any atom is 0.116 e. The van der Waals surface area contributed by atoms with Crippen LogP contribution in [0.1, 0.15) is 26.7 Å². The fourth-order valence-electron chi connectivity index (χ4n) is 1.58. The Morgan fingerprint density at radius 2 is 2.25 bits per heavy atom. The molecule has 1 atom stereocenters. The van der Waals surface area contributed by atoms with E-state index >= 15 is 0 Å². The summed E-state index contributed by atoms with van der Waals surface area (Å²) in [5, 5.41) is 0. The summed E-state index contributed by atoms with van der Waals surface area (Å²) in [5.74, 6) is 0. The molecule has 3 heteroatoms. The van der Waals surface area contributed by atoms with E-state index in [0.717, 1.165) is 25.8 Å². The molecule has 0 aromatic rings. The molecule has 2 radical (unpaired) electrons. The fraction of sp³-hybridized carbons (Fsp3) is 1.00. The monoisotopic (exact) mass is 167 g/mol. The zero-order valence-electron chi connectivity index (χ0n) is 8.34. The largest absolute Gasteiger partial charge is 0.359 e. The number of ether oxygens (including phenoxy) is 1. The molecule has 1 fully saturated rings. The van der Waals surface area contributed by atoms with E-state index in [-0.39, 0.29) is 5.72 Å². The van der Waals surface area contributed by atoms with Crippen molar-refractivity contribution in [2.24, 2.45) is 0 Å². The van der Waals surface area contributed by atoms with Crippen molar-refractivity contribution in [3.8, 4) is 0 Å². The van der Waals surface area contributed by atoms with E-state index in [0.29, 0.717) is 6.04 Å². The van der Waals surface area contributed by atoms with Crippen molar-refractivity contribution >= 4 is 7.85 Å². The normalized spacial score (nSPS) is 29.4. The Hall–Kier alpha value is -0.0151. The van der Waals surface area contributed by atoms with Gasteiger partial charge in [-0.3, -0.25) is 4.90 Å². The number of rotatable bonds is 3. The van der Waals surface area contributed by atoms with Gasteiger partial charge >= 0.3 is 0 Å². The lowest BCUT2D eigenvalue weighted by molar-refractivity contribution is -0.0414. The Kier molecular flexibility index (Phi) is 3.19. The standard InChI is InChI=1S/C9H18BNO/c1-9(2)11(3)8(7-12-9)5-4-6-10/h8H,4-7H2,1-3H3. The van der Waals surface area contributed by atoms with Crippen molar-refractivity contribution in [2.45, 2.75) is 44.8 Å². The van der Waals surface area contributed by atoms with Crippen LogP contribution in [0, 0.1) is 0 Å². The maximum atomic E-state index is 5.65. The van der Waals surface area contributed by atoms with Crippen LogP contribution in [0.25, 0.3) is 0 Å². The average molecular weight is 167 g/mol. The third-order valence-corrected chi connectivity index (χ3v) is 2.77. The predicted octanol–water partition coefficient (Wildman–Crippen LogP) is 1.42. The van der Waals surface area contributed by atoms with Crippen molar-refractivity contribution < 1.29 is 4.74 Å². The van der Waals surface area contributed by atoms with Gasteiger partial charge in [-0.2, -0.15) is 0 Å². The Morgan fingerprint density at radius 3 is 2.67 bits per heavy atom. The van der Waals surface area contributed by atoms with Crippen LogP contribution in [0.4, 0.5) is 0 Å². The van der Waals surface area contributed by atoms with E-state index in [2.05, 4.69) is 25.8 Å². The highest BCUT2D eigenvalue weighted by molar-refractivity contribution is 6.08. The van der Waals surface area contributed by atoms with Gasteiger partial charge in [0.25, 0.3) is 0 Å². The lowest BCUT2D eigenvalue weighted by atomic mass is 9.97. The van der Waals surface area contributed by atoms with Crippen molar-refractivity contribution in [1.29, 1.82) is 0 Å². The van der Waals surface area contributed by atoms with Crippen LogP contribution in [0.2, 0.25) is 6.32 Å². The van der Waals surface area contributed by atoms with Crippen LogP contribution in [0.5, 0.6) is 0 Å². The van der Waals surface area contributed by atoms with Crippen molar-refractivity contribution in [3.05, 3.63) is 0 Å². The second kappa shape index (κ2) is 3.80. The first-order valence-corrected chi connectivity index (χ1v) is 4.65. The first kappa shape index (κ1) is 10.1. The van der Waals surface area contributed by atoms with Gasteiger partial charge in [0.2, 0.25) is 0 Å². The molecular weight excluding hydrogens is 149 g/mol. The van der Waals surface area contributed by atoms with Crippen LogP contribution >= 0.6 is 0 Å². The van der Waals surface area contributed by atoms with Gasteiger partial charge in [0, 0.05) is 6.04 Å². The van der Waals surface area contributed by atoms with Crippen LogP contribution < -0.4 is 0 Å². The van der Waals surface area contributed by atoms with Gasteiger partial charge in [-0.1, -0.05) is 12.7 Å². The Bertz CT molecular complexity index is 149. The van der Waals surface area contributed by atoms with Gasteiger partial charge in [0.05, 0.1) is 14.5 Å². The van der Waals surface area contributed by atoms with Crippen LogP contribution in [-0.2, 0) is 4.74 Å². The molecule has 1 aliphatic rings. The van der Waals surface area contributed by atoms with Gasteiger partial charge < -0.3 is 4.74 Å². The summed E-state index contributed by atoms with van der Waals surface area (Å²) in [6, 6.07) is 0.559. The summed E-state index contributed by atoms with van der Waals surface area (Å²) in [4.78, 5) is 2.29. The first-order chi connectivity index (χ1) is 5.58. The zero-order chi connectivity index (χ0) is 9.19. The highest BCUT2D eigenvalue weighted by Gasteiger charge is 2.36. The molecule has 12 heavy (non-hydrogen) atoms. The SMILES string of the molecule is [B]CCCC1COC(C)(C)N1C. The molecule has 1 heterocycles. The van der Waals surface area contributed by atoms with E-state index in [1.807, 2.05) is 0 Å². The lowest BCUT2D eigenvalue weighted by Crippen LogP contribution is -2.40. The molecule has 0 aromatic heterocycles. The van der Waals surface area contributed by atoms with Crippen molar-refractivity contribution in [1.82, 2.24) is 4.90 Å².